The molecule has 0 amide bonds. The number of anilines is 2. The van der Waals surface area contributed by atoms with E-state index in [0.717, 1.165) is 30.6 Å². The molecule has 1 aromatic carbocycles. The van der Waals surface area contributed by atoms with Gasteiger partial charge in [0.1, 0.15) is 0 Å². The van der Waals surface area contributed by atoms with E-state index in [4.69, 9.17) is 0 Å². The zero-order valence-corrected chi connectivity index (χ0v) is 12.2. The van der Waals surface area contributed by atoms with Crippen molar-refractivity contribution < 1.29 is 8.42 Å². The number of rotatable bonds is 5. The van der Waals surface area contributed by atoms with E-state index in [0.29, 0.717) is 12.2 Å². The van der Waals surface area contributed by atoms with Crippen molar-refractivity contribution in [1.82, 2.24) is 4.72 Å². The first-order valence-corrected chi connectivity index (χ1v) is 8.09. The lowest BCUT2D eigenvalue weighted by molar-refractivity contribution is 0.565. The van der Waals surface area contributed by atoms with Gasteiger partial charge in [0.05, 0.1) is 5.69 Å². The Morgan fingerprint density at radius 2 is 2.16 bits per heavy atom. The SMILES string of the molecule is CC(C)CNS(=O)(=O)Nc1ccc2c(c1)CCCN2. The van der Waals surface area contributed by atoms with Gasteiger partial charge in [-0.05, 0) is 42.5 Å². The van der Waals surface area contributed by atoms with Gasteiger partial charge in [-0.25, -0.2) is 0 Å². The van der Waals surface area contributed by atoms with E-state index in [1.165, 1.54) is 0 Å². The van der Waals surface area contributed by atoms with Gasteiger partial charge < -0.3 is 5.32 Å². The molecule has 0 unspecified atom stereocenters. The van der Waals surface area contributed by atoms with Crippen LogP contribution in [0.2, 0.25) is 0 Å². The third-order valence-electron chi connectivity index (χ3n) is 2.98. The van der Waals surface area contributed by atoms with Crippen molar-refractivity contribution in [3.63, 3.8) is 0 Å². The van der Waals surface area contributed by atoms with Crippen LogP contribution < -0.4 is 14.8 Å². The molecule has 0 aliphatic carbocycles. The molecule has 3 N–H and O–H groups in total. The molecular formula is C13H21N3O2S. The minimum atomic E-state index is -3.48. The van der Waals surface area contributed by atoms with Crippen molar-refractivity contribution >= 4 is 21.6 Å². The first-order chi connectivity index (χ1) is 8.96. The summed E-state index contributed by atoms with van der Waals surface area (Å²) in [5.41, 5.74) is 2.87. The van der Waals surface area contributed by atoms with Gasteiger partial charge in [0, 0.05) is 18.8 Å². The van der Waals surface area contributed by atoms with Crippen LogP contribution in [-0.2, 0) is 16.6 Å². The van der Waals surface area contributed by atoms with E-state index >= 15 is 0 Å². The zero-order chi connectivity index (χ0) is 13.9. The Kier molecular flexibility index (Phi) is 4.31. The molecule has 6 heteroatoms. The number of hydrogen-bond donors (Lipinski definition) is 3. The van der Waals surface area contributed by atoms with Gasteiger partial charge in [-0.1, -0.05) is 13.8 Å². The number of benzene rings is 1. The molecular weight excluding hydrogens is 262 g/mol. The van der Waals surface area contributed by atoms with Crippen molar-refractivity contribution in [1.29, 1.82) is 0 Å². The Bertz CT molecular complexity index is 541. The molecule has 2 rings (SSSR count). The zero-order valence-electron chi connectivity index (χ0n) is 11.4. The largest absolute Gasteiger partial charge is 0.385 e. The summed E-state index contributed by atoms with van der Waals surface area (Å²) in [4.78, 5) is 0. The van der Waals surface area contributed by atoms with Crippen LogP contribution in [0, 0.1) is 5.92 Å². The monoisotopic (exact) mass is 283 g/mol. The third-order valence-corrected chi connectivity index (χ3v) is 4.03. The molecule has 1 aliphatic rings. The van der Waals surface area contributed by atoms with Gasteiger partial charge in [0.15, 0.2) is 0 Å². The number of nitrogens with one attached hydrogen (secondary N) is 3. The highest BCUT2D eigenvalue weighted by Crippen LogP contribution is 2.25. The lowest BCUT2D eigenvalue weighted by Gasteiger charge is -2.19. The molecule has 0 saturated carbocycles. The first kappa shape index (κ1) is 14.1. The predicted octanol–water partition coefficient (Wildman–Crippen LogP) is 1.95. The van der Waals surface area contributed by atoms with Crippen LogP contribution in [0.1, 0.15) is 25.8 Å². The molecule has 1 heterocycles. The molecule has 0 aromatic heterocycles. The van der Waals surface area contributed by atoms with Crippen LogP contribution in [0.5, 0.6) is 0 Å². The number of aryl methyl sites for hydroxylation is 1. The Morgan fingerprint density at radius 1 is 1.37 bits per heavy atom. The second-order valence-electron chi connectivity index (χ2n) is 5.25. The second kappa shape index (κ2) is 5.79. The molecule has 0 saturated heterocycles. The summed E-state index contributed by atoms with van der Waals surface area (Å²) in [6.07, 6.45) is 2.06. The third kappa shape index (κ3) is 4.11. The Morgan fingerprint density at radius 3 is 2.89 bits per heavy atom. The summed E-state index contributed by atoms with van der Waals surface area (Å²) in [6.45, 7) is 5.34. The van der Waals surface area contributed by atoms with E-state index in [9.17, 15) is 8.42 Å². The van der Waals surface area contributed by atoms with E-state index in [1.807, 2.05) is 26.0 Å². The fourth-order valence-electron chi connectivity index (χ4n) is 2.01. The summed E-state index contributed by atoms with van der Waals surface area (Å²) < 4.78 is 28.8. The highest BCUT2D eigenvalue weighted by Gasteiger charge is 2.13. The van der Waals surface area contributed by atoms with E-state index in [2.05, 4.69) is 14.8 Å². The van der Waals surface area contributed by atoms with E-state index in [-0.39, 0.29) is 5.92 Å². The van der Waals surface area contributed by atoms with Crippen LogP contribution in [0.4, 0.5) is 11.4 Å². The molecule has 106 valence electrons. The van der Waals surface area contributed by atoms with Gasteiger partial charge in [0.25, 0.3) is 10.2 Å². The fraction of sp³-hybridized carbons (Fsp3) is 0.538. The topological polar surface area (TPSA) is 70.2 Å². The van der Waals surface area contributed by atoms with Crippen LogP contribution in [0.25, 0.3) is 0 Å². The molecule has 19 heavy (non-hydrogen) atoms. The molecule has 0 bridgehead atoms. The predicted molar refractivity (Wildman–Crippen MR) is 78.6 cm³/mol. The molecule has 0 atom stereocenters. The smallest absolute Gasteiger partial charge is 0.299 e. The highest BCUT2D eigenvalue weighted by molar-refractivity contribution is 7.90. The van der Waals surface area contributed by atoms with Gasteiger partial charge in [-0.2, -0.15) is 13.1 Å². The lowest BCUT2D eigenvalue weighted by Crippen LogP contribution is -2.32. The lowest BCUT2D eigenvalue weighted by atomic mass is 10.0. The summed E-state index contributed by atoms with van der Waals surface area (Å²) in [6, 6.07) is 5.61. The molecule has 5 nitrogen and oxygen atoms in total. The molecule has 0 spiro atoms. The number of fused-ring (bicyclic) bond motifs is 1. The van der Waals surface area contributed by atoms with Gasteiger partial charge >= 0.3 is 0 Å². The average molecular weight is 283 g/mol. The van der Waals surface area contributed by atoms with Gasteiger partial charge in [-0.15, -0.1) is 0 Å². The Hall–Kier alpha value is -1.27. The maximum atomic E-state index is 11.8. The van der Waals surface area contributed by atoms with Crippen molar-refractivity contribution in [2.75, 3.05) is 23.1 Å². The normalized spacial score (nSPS) is 14.9. The fourth-order valence-corrected chi connectivity index (χ4v) is 3.07. The van der Waals surface area contributed by atoms with Crippen LogP contribution >= 0.6 is 0 Å². The summed E-state index contributed by atoms with van der Waals surface area (Å²) in [5, 5.41) is 3.30. The summed E-state index contributed by atoms with van der Waals surface area (Å²) in [7, 11) is -3.48. The number of hydrogen-bond acceptors (Lipinski definition) is 3. The molecule has 1 aromatic rings. The van der Waals surface area contributed by atoms with Crippen molar-refractivity contribution in [2.45, 2.75) is 26.7 Å². The Labute approximate surface area is 115 Å². The summed E-state index contributed by atoms with van der Waals surface area (Å²) >= 11 is 0. The van der Waals surface area contributed by atoms with E-state index in [1.54, 1.807) is 6.07 Å². The van der Waals surface area contributed by atoms with Crippen LogP contribution in [0.15, 0.2) is 18.2 Å². The van der Waals surface area contributed by atoms with Crippen LogP contribution in [0.3, 0.4) is 0 Å². The second-order valence-corrected chi connectivity index (χ2v) is 6.75. The van der Waals surface area contributed by atoms with Gasteiger partial charge in [0.2, 0.25) is 0 Å². The molecule has 0 radical (unpaired) electrons. The summed E-state index contributed by atoms with van der Waals surface area (Å²) in [5.74, 6) is 0.282. The van der Waals surface area contributed by atoms with Crippen LogP contribution in [-0.4, -0.2) is 21.5 Å². The minimum absolute atomic E-state index is 0.282. The molecule has 0 fully saturated rings. The van der Waals surface area contributed by atoms with Crippen molar-refractivity contribution in [3.8, 4) is 0 Å². The average Bonchev–Trinajstić information content (AvgIpc) is 2.36. The minimum Gasteiger partial charge on any atom is -0.385 e. The highest BCUT2D eigenvalue weighted by atomic mass is 32.2. The molecule has 1 aliphatic heterocycles. The quantitative estimate of drug-likeness (QED) is 0.773. The Balaban J connectivity index is 2.06. The van der Waals surface area contributed by atoms with Crippen molar-refractivity contribution in [3.05, 3.63) is 23.8 Å². The maximum absolute atomic E-state index is 11.8. The van der Waals surface area contributed by atoms with Crippen molar-refractivity contribution in [2.24, 2.45) is 5.92 Å². The standard InChI is InChI=1S/C13H21N3O2S/c1-10(2)9-15-19(17,18)16-12-5-6-13-11(8-12)4-3-7-14-13/h5-6,8,10,14-16H,3-4,7,9H2,1-2H3. The van der Waals surface area contributed by atoms with E-state index < -0.39 is 10.2 Å². The van der Waals surface area contributed by atoms with Gasteiger partial charge in [-0.3, -0.25) is 4.72 Å². The first-order valence-electron chi connectivity index (χ1n) is 6.60. The maximum Gasteiger partial charge on any atom is 0.299 e.